The van der Waals surface area contributed by atoms with Crippen molar-refractivity contribution in [3.63, 3.8) is 0 Å². The van der Waals surface area contributed by atoms with Gasteiger partial charge in [-0.1, -0.05) is 0 Å². The molecule has 1 saturated heterocycles. The number of nitrogens with zero attached hydrogens (tertiary/aromatic N) is 2. The lowest BCUT2D eigenvalue weighted by Gasteiger charge is -2.16. The van der Waals surface area contributed by atoms with Gasteiger partial charge in [-0.3, -0.25) is 9.59 Å². The van der Waals surface area contributed by atoms with E-state index in [1.54, 1.807) is 25.4 Å². The van der Waals surface area contributed by atoms with E-state index < -0.39 is 0 Å². The van der Waals surface area contributed by atoms with E-state index in [9.17, 15) is 9.59 Å². The quantitative estimate of drug-likeness (QED) is 0.886. The van der Waals surface area contributed by atoms with Gasteiger partial charge in [0.05, 0.1) is 24.9 Å². The van der Waals surface area contributed by atoms with Gasteiger partial charge in [-0.05, 0) is 24.8 Å². The number of ether oxygens (including phenoxy) is 1. The van der Waals surface area contributed by atoms with Crippen LogP contribution in [-0.2, 0) is 9.59 Å². The first-order valence-corrected chi connectivity index (χ1v) is 7.24. The highest BCUT2D eigenvalue weighted by atomic mass is 16.5. The Labute approximate surface area is 123 Å². The highest BCUT2D eigenvalue weighted by molar-refractivity contribution is 5.97. The van der Waals surface area contributed by atoms with Crippen LogP contribution in [0, 0.1) is 11.8 Å². The van der Waals surface area contributed by atoms with E-state index in [1.165, 1.54) is 12.8 Å². The second-order valence-corrected chi connectivity index (χ2v) is 5.72. The van der Waals surface area contributed by atoms with Crippen LogP contribution < -0.4 is 10.1 Å². The van der Waals surface area contributed by atoms with Crippen molar-refractivity contribution in [2.45, 2.75) is 19.3 Å². The van der Waals surface area contributed by atoms with Crippen molar-refractivity contribution in [2.75, 3.05) is 25.5 Å². The van der Waals surface area contributed by atoms with Gasteiger partial charge in [0.1, 0.15) is 0 Å². The first-order chi connectivity index (χ1) is 10.2. The van der Waals surface area contributed by atoms with Gasteiger partial charge in [0.15, 0.2) is 0 Å². The normalized spacial score (nSPS) is 21.5. The number of anilines is 1. The Hall–Kier alpha value is -2.11. The van der Waals surface area contributed by atoms with Crippen LogP contribution >= 0.6 is 0 Å². The molecule has 21 heavy (non-hydrogen) atoms. The van der Waals surface area contributed by atoms with Crippen LogP contribution in [0.15, 0.2) is 18.3 Å². The summed E-state index contributed by atoms with van der Waals surface area (Å²) >= 11 is 0. The fourth-order valence-corrected chi connectivity index (χ4v) is 2.56. The summed E-state index contributed by atoms with van der Waals surface area (Å²) in [4.78, 5) is 30.0. The molecule has 1 atom stereocenters. The van der Waals surface area contributed by atoms with Crippen molar-refractivity contribution in [1.29, 1.82) is 0 Å². The number of methoxy groups -OCH3 is 1. The van der Waals surface area contributed by atoms with Crippen LogP contribution in [0.25, 0.3) is 0 Å². The van der Waals surface area contributed by atoms with Crippen LogP contribution in [0.1, 0.15) is 19.3 Å². The number of likely N-dealkylation sites (tertiary alicyclic amines) is 1. The average Bonchev–Trinajstić information content (AvgIpc) is 3.23. The van der Waals surface area contributed by atoms with E-state index in [1.807, 2.05) is 4.90 Å². The first-order valence-electron chi connectivity index (χ1n) is 7.24. The van der Waals surface area contributed by atoms with Crippen molar-refractivity contribution in [1.82, 2.24) is 9.88 Å². The number of pyridine rings is 1. The Morgan fingerprint density at radius 2 is 2.29 bits per heavy atom. The van der Waals surface area contributed by atoms with Crippen molar-refractivity contribution in [3.8, 4) is 5.88 Å². The summed E-state index contributed by atoms with van der Waals surface area (Å²) < 4.78 is 4.97. The maximum absolute atomic E-state index is 12.2. The Morgan fingerprint density at radius 1 is 1.48 bits per heavy atom. The third-order valence-electron chi connectivity index (χ3n) is 3.97. The Kier molecular flexibility index (Phi) is 3.77. The molecule has 1 saturated carbocycles. The van der Waals surface area contributed by atoms with Gasteiger partial charge in [-0.25, -0.2) is 4.98 Å². The minimum absolute atomic E-state index is 0.0925. The molecule has 1 aliphatic heterocycles. The van der Waals surface area contributed by atoms with Crippen LogP contribution in [0.4, 0.5) is 5.69 Å². The van der Waals surface area contributed by atoms with Gasteiger partial charge in [-0.15, -0.1) is 0 Å². The molecular formula is C15H19N3O3. The van der Waals surface area contributed by atoms with Crippen LogP contribution in [0.3, 0.4) is 0 Å². The average molecular weight is 289 g/mol. The lowest BCUT2D eigenvalue weighted by atomic mass is 10.1. The van der Waals surface area contributed by atoms with E-state index >= 15 is 0 Å². The highest BCUT2D eigenvalue weighted by Crippen LogP contribution is 2.32. The SMILES string of the molecule is COc1ccc(NC(=O)[C@@H]2CC(=O)N(CC3CC3)C2)cn1. The second-order valence-electron chi connectivity index (χ2n) is 5.72. The lowest BCUT2D eigenvalue weighted by Crippen LogP contribution is -2.29. The zero-order valence-electron chi connectivity index (χ0n) is 12.0. The molecule has 2 fully saturated rings. The van der Waals surface area contributed by atoms with Gasteiger partial charge in [0.25, 0.3) is 0 Å². The molecule has 112 valence electrons. The van der Waals surface area contributed by atoms with E-state index in [4.69, 9.17) is 4.74 Å². The molecule has 0 unspecified atom stereocenters. The molecule has 6 nitrogen and oxygen atoms in total. The highest BCUT2D eigenvalue weighted by Gasteiger charge is 2.37. The predicted octanol–water partition coefficient (Wildman–Crippen LogP) is 1.29. The topological polar surface area (TPSA) is 71.5 Å². The second kappa shape index (κ2) is 5.71. The van der Waals surface area contributed by atoms with Crippen LogP contribution in [0.2, 0.25) is 0 Å². The van der Waals surface area contributed by atoms with Crippen molar-refractivity contribution >= 4 is 17.5 Å². The summed E-state index contributed by atoms with van der Waals surface area (Å²) in [6.07, 6.45) is 4.27. The van der Waals surface area contributed by atoms with Gasteiger partial charge < -0.3 is 15.0 Å². The summed E-state index contributed by atoms with van der Waals surface area (Å²) in [5.74, 6) is 0.864. The summed E-state index contributed by atoms with van der Waals surface area (Å²) in [6, 6.07) is 3.43. The van der Waals surface area contributed by atoms with Crippen LogP contribution in [-0.4, -0.2) is 41.9 Å². The minimum atomic E-state index is -0.265. The van der Waals surface area contributed by atoms with E-state index in [0.29, 0.717) is 30.5 Å². The third kappa shape index (κ3) is 3.32. The molecule has 0 aromatic carbocycles. The molecule has 1 aromatic rings. The van der Waals surface area contributed by atoms with Gasteiger partial charge in [0, 0.05) is 25.6 Å². The van der Waals surface area contributed by atoms with Crippen molar-refractivity contribution < 1.29 is 14.3 Å². The number of hydrogen-bond donors (Lipinski definition) is 1. The van der Waals surface area contributed by atoms with Crippen molar-refractivity contribution in [3.05, 3.63) is 18.3 Å². The molecule has 1 N–H and O–H groups in total. The fourth-order valence-electron chi connectivity index (χ4n) is 2.56. The zero-order chi connectivity index (χ0) is 14.8. The summed E-state index contributed by atoms with van der Waals surface area (Å²) in [6.45, 7) is 1.34. The number of carbonyl (C=O) groups is 2. The van der Waals surface area contributed by atoms with Gasteiger partial charge >= 0.3 is 0 Å². The molecule has 3 rings (SSSR count). The van der Waals surface area contributed by atoms with E-state index in [0.717, 1.165) is 6.54 Å². The Morgan fingerprint density at radius 3 is 2.90 bits per heavy atom. The molecule has 2 amide bonds. The minimum Gasteiger partial charge on any atom is -0.481 e. The van der Waals surface area contributed by atoms with Crippen LogP contribution in [0.5, 0.6) is 5.88 Å². The smallest absolute Gasteiger partial charge is 0.229 e. The largest absolute Gasteiger partial charge is 0.481 e. The van der Waals surface area contributed by atoms with Gasteiger partial charge in [-0.2, -0.15) is 0 Å². The first kappa shape index (κ1) is 13.9. The predicted molar refractivity (Wildman–Crippen MR) is 76.8 cm³/mol. The fraction of sp³-hybridized carbons (Fsp3) is 0.533. The van der Waals surface area contributed by atoms with Crippen molar-refractivity contribution in [2.24, 2.45) is 11.8 Å². The molecule has 0 spiro atoms. The number of rotatable bonds is 5. The summed E-state index contributed by atoms with van der Waals surface area (Å²) in [7, 11) is 1.54. The monoisotopic (exact) mass is 289 g/mol. The molecule has 6 heteroatoms. The maximum Gasteiger partial charge on any atom is 0.229 e. The number of aromatic nitrogens is 1. The maximum atomic E-state index is 12.2. The lowest BCUT2D eigenvalue weighted by molar-refractivity contribution is -0.128. The molecule has 0 bridgehead atoms. The van der Waals surface area contributed by atoms with E-state index in [2.05, 4.69) is 10.3 Å². The molecule has 1 aromatic heterocycles. The zero-order valence-corrected chi connectivity index (χ0v) is 12.0. The van der Waals surface area contributed by atoms with E-state index in [-0.39, 0.29) is 17.7 Å². The molecule has 0 radical (unpaired) electrons. The molecule has 1 aliphatic carbocycles. The van der Waals surface area contributed by atoms with Gasteiger partial charge in [0.2, 0.25) is 17.7 Å². The summed E-state index contributed by atoms with van der Waals surface area (Å²) in [5.41, 5.74) is 0.619. The Bertz CT molecular complexity index is 540. The number of nitrogens with one attached hydrogen (secondary N) is 1. The number of amides is 2. The molecular weight excluding hydrogens is 270 g/mol. The number of carbonyl (C=O) groups excluding carboxylic acids is 2. The Balaban J connectivity index is 1.56. The molecule has 2 aliphatic rings. The molecule has 2 heterocycles. The standard InChI is InChI=1S/C15H19N3O3/c1-21-13-5-4-12(7-16-13)17-15(20)11-6-14(19)18(9-11)8-10-2-3-10/h4-5,7,10-11H,2-3,6,8-9H2,1H3,(H,17,20)/t11-/m1/s1. The summed E-state index contributed by atoms with van der Waals surface area (Å²) in [5, 5.41) is 2.81. The third-order valence-corrected chi connectivity index (χ3v) is 3.97. The number of hydrogen-bond acceptors (Lipinski definition) is 4.